The van der Waals surface area contributed by atoms with E-state index < -0.39 is 0 Å². The molecule has 1 aliphatic carbocycles. The second-order valence-corrected chi connectivity index (χ2v) is 7.23. The van der Waals surface area contributed by atoms with Crippen molar-refractivity contribution in [3.05, 3.63) is 52.3 Å². The summed E-state index contributed by atoms with van der Waals surface area (Å²) in [4.78, 5) is 21.4. The highest BCUT2D eigenvalue weighted by Crippen LogP contribution is 2.18. The molecule has 2 N–H and O–H groups in total. The van der Waals surface area contributed by atoms with Gasteiger partial charge in [-0.05, 0) is 37.5 Å². The second kappa shape index (κ2) is 8.99. The summed E-state index contributed by atoms with van der Waals surface area (Å²) in [6.45, 7) is 2.37. The molecule has 26 heavy (non-hydrogen) atoms. The topological polar surface area (TPSA) is 66.9 Å². The van der Waals surface area contributed by atoms with Gasteiger partial charge in [-0.3, -0.25) is 4.79 Å². The molecule has 1 aliphatic rings. The Morgan fingerprint density at radius 2 is 1.88 bits per heavy atom. The Hall–Kier alpha value is -2.14. The number of carbonyl (C=O) groups is 1. The zero-order valence-electron chi connectivity index (χ0n) is 15.1. The maximum absolute atomic E-state index is 12.6. The molecule has 0 radical (unpaired) electrons. The van der Waals surface area contributed by atoms with Gasteiger partial charge in [-0.25, -0.2) is 9.97 Å². The van der Waals surface area contributed by atoms with E-state index in [1.54, 1.807) is 6.07 Å². The summed E-state index contributed by atoms with van der Waals surface area (Å²) in [6.07, 6.45) is 6.97. The number of anilines is 1. The van der Waals surface area contributed by atoms with Crippen LogP contribution in [-0.4, -0.2) is 21.9 Å². The minimum atomic E-state index is -0.122. The molecule has 0 aliphatic heterocycles. The number of nitrogens with one attached hydrogen (secondary N) is 2. The number of benzene rings is 1. The number of rotatable bonds is 5. The Morgan fingerprint density at radius 3 is 2.62 bits per heavy atom. The van der Waals surface area contributed by atoms with Crippen molar-refractivity contribution in [2.75, 3.05) is 5.32 Å². The second-order valence-electron chi connectivity index (χ2n) is 6.83. The van der Waals surface area contributed by atoms with Gasteiger partial charge >= 0.3 is 0 Å². The molecule has 1 aromatic heterocycles. The van der Waals surface area contributed by atoms with Crippen molar-refractivity contribution in [2.45, 2.75) is 58.0 Å². The first kappa shape index (κ1) is 18.6. The van der Waals surface area contributed by atoms with E-state index in [9.17, 15) is 4.79 Å². The van der Waals surface area contributed by atoms with Crippen LogP contribution in [0.2, 0.25) is 5.02 Å². The van der Waals surface area contributed by atoms with Crippen molar-refractivity contribution in [1.29, 1.82) is 0 Å². The third-order valence-electron chi connectivity index (χ3n) is 4.67. The number of aromatic nitrogens is 2. The number of halogens is 1. The maximum atomic E-state index is 12.6. The normalized spacial score (nSPS) is 15.3. The van der Waals surface area contributed by atoms with E-state index in [0.29, 0.717) is 23.2 Å². The van der Waals surface area contributed by atoms with Gasteiger partial charge in [0.1, 0.15) is 5.69 Å². The molecule has 0 unspecified atom stereocenters. The van der Waals surface area contributed by atoms with Crippen molar-refractivity contribution in [3.63, 3.8) is 0 Å². The highest BCUT2D eigenvalue weighted by atomic mass is 35.5. The van der Waals surface area contributed by atoms with Crippen LogP contribution < -0.4 is 10.6 Å². The Bertz CT molecular complexity index is 757. The highest BCUT2D eigenvalue weighted by Gasteiger charge is 2.17. The van der Waals surface area contributed by atoms with E-state index in [2.05, 4.69) is 20.6 Å². The van der Waals surface area contributed by atoms with Crippen LogP contribution in [0.4, 0.5) is 5.95 Å². The lowest BCUT2D eigenvalue weighted by molar-refractivity contribution is 0.0928. The van der Waals surface area contributed by atoms with Crippen molar-refractivity contribution in [1.82, 2.24) is 15.3 Å². The third-order valence-corrected chi connectivity index (χ3v) is 5.04. The minimum Gasteiger partial charge on any atom is -0.350 e. The van der Waals surface area contributed by atoms with Gasteiger partial charge < -0.3 is 10.6 Å². The zero-order chi connectivity index (χ0) is 18.4. The lowest BCUT2D eigenvalue weighted by Crippen LogP contribution is -2.35. The molecule has 0 saturated heterocycles. The number of aryl methyl sites for hydroxylation is 1. The Morgan fingerprint density at radius 1 is 1.15 bits per heavy atom. The third kappa shape index (κ3) is 5.18. The number of hydrogen-bond donors (Lipinski definition) is 2. The van der Waals surface area contributed by atoms with E-state index in [0.717, 1.165) is 24.1 Å². The first-order valence-corrected chi connectivity index (χ1v) is 9.63. The molecule has 1 fully saturated rings. The van der Waals surface area contributed by atoms with E-state index in [-0.39, 0.29) is 11.9 Å². The molecular formula is C20H25ClN4O. The van der Waals surface area contributed by atoms with Crippen LogP contribution in [0.3, 0.4) is 0 Å². The van der Waals surface area contributed by atoms with E-state index in [4.69, 9.17) is 11.6 Å². The lowest BCUT2D eigenvalue weighted by Gasteiger charge is -2.16. The van der Waals surface area contributed by atoms with Crippen LogP contribution in [-0.2, 0) is 6.54 Å². The van der Waals surface area contributed by atoms with Crippen LogP contribution in [0.5, 0.6) is 0 Å². The summed E-state index contributed by atoms with van der Waals surface area (Å²) in [7, 11) is 0. The molecule has 0 atom stereocenters. The maximum Gasteiger partial charge on any atom is 0.270 e. The fourth-order valence-corrected chi connectivity index (χ4v) is 3.47. The highest BCUT2D eigenvalue weighted by molar-refractivity contribution is 6.31. The largest absolute Gasteiger partial charge is 0.350 e. The summed E-state index contributed by atoms with van der Waals surface area (Å²) in [5.41, 5.74) is 2.12. The standard InChI is InChI=1S/C20H25ClN4O/c1-14-12-18(19(26)24-16-9-4-2-3-5-10-16)25-20(23-14)22-13-15-8-6-7-11-17(15)21/h6-8,11-12,16H,2-5,9-10,13H2,1H3,(H,24,26)(H,22,23,25). The average molecular weight is 373 g/mol. The van der Waals surface area contributed by atoms with E-state index in [1.165, 1.54) is 25.7 Å². The van der Waals surface area contributed by atoms with E-state index in [1.807, 2.05) is 31.2 Å². The molecule has 5 nitrogen and oxygen atoms in total. The molecule has 138 valence electrons. The SMILES string of the molecule is Cc1cc(C(=O)NC2CCCCCC2)nc(NCc2ccccc2Cl)n1. The fraction of sp³-hybridized carbons (Fsp3) is 0.450. The van der Waals surface area contributed by atoms with Gasteiger partial charge in [0.25, 0.3) is 5.91 Å². The van der Waals surface area contributed by atoms with Crippen molar-refractivity contribution in [3.8, 4) is 0 Å². The van der Waals surface area contributed by atoms with Crippen LogP contribution in [0.25, 0.3) is 0 Å². The molecule has 1 amide bonds. The predicted molar refractivity (Wildman–Crippen MR) is 105 cm³/mol. The Kier molecular flexibility index (Phi) is 6.45. The molecule has 2 aromatic rings. The quantitative estimate of drug-likeness (QED) is 0.758. The van der Waals surface area contributed by atoms with Crippen molar-refractivity contribution in [2.24, 2.45) is 0 Å². The fourth-order valence-electron chi connectivity index (χ4n) is 3.26. The summed E-state index contributed by atoms with van der Waals surface area (Å²) in [5, 5.41) is 6.99. The molecule has 3 rings (SSSR count). The van der Waals surface area contributed by atoms with Gasteiger partial charge in [-0.1, -0.05) is 55.5 Å². The summed E-state index contributed by atoms with van der Waals surface area (Å²) < 4.78 is 0. The van der Waals surface area contributed by atoms with Gasteiger partial charge in [-0.15, -0.1) is 0 Å². The molecule has 1 heterocycles. The molecule has 1 aromatic carbocycles. The summed E-state index contributed by atoms with van der Waals surface area (Å²) >= 11 is 6.18. The van der Waals surface area contributed by atoms with Crippen molar-refractivity contribution < 1.29 is 4.79 Å². The number of amides is 1. The number of hydrogen-bond acceptors (Lipinski definition) is 4. The zero-order valence-corrected chi connectivity index (χ0v) is 15.9. The van der Waals surface area contributed by atoms with Crippen LogP contribution >= 0.6 is 11.6 Å². The smallest absolute Gasteiger partial charge is 0.270 e. The van der Waals surface area contributed by atoms with Gasteiger partial charge in [-0.2, -0.15) is 0 Å². The average Bonchev–Trinajstić information content (AvgIpc) is 2.89. The first-order chi connectivity index (χ1) is 12.6. The van der Waals surface area contributed by atoms with Crippen LogP contribution in [0.1, 0.15) is 60.3 Å². The Labute approximate surface area is 159 Å². The first-order valence-electron chi connectivity index (χ1n) is 9.25. The Balaban J connectivity index is 1.66. The van der Waals surface area contributed by atoms with Gasteiger partial charge in [0.2, 0.25) is 5.95 Å². The van der Waals surface area contributed by atoms with Gasteiger partial charge in [0.05, 0.1) is 0 Å². The van der Waals surface area contributed by atoms with Gasteiger partial charge in [0, 0.05) is 23.3 Å². The lowest BCUT2D eigenvalue weighted by atomic mass is 10.1. The van der Waals surface area contributed by atoms with Crippen LogP contribution in [0, 0.1) is 6.92 Å². The van der Waals surface area contributed by atoms with E-state index >= 15 is 0 Å². The molecular weight excluding hydrogens is 348 g/mol. The number of carbonyl (C=O) groups excluding carboxylic acids is 1. The minimum absolute atomic E-state index is 0.122. The van der Waals surface area contributed by atoms with Crippen molar-refractivity contribution >= 4 is 23.5 Å². The summed E-state index contributed by atoms with van der Waals surface area (Å²) in [6, 6.07) is 9.61. The molecule has 6 heteroatoms. The number of nitrogens with zero attached hydrogens (tertiary/aromatic N) is 2. The summed E-state index contributed by atoms with van der Waals surface area (Å²) in [5.74, 6) is 0.319. The molecule has 0 bridgehead atoms. The predicted octanol–water partition coefficient (Wildman–Crippen LogP) is 4.50. The molecule has 0 spiro atoms. The van der Waals surface area contributed by atoms with Gasteiger partial charge in [0.15, 0.2) is 0 Å². The monoisotopic (exact) mass is 372 g/mol. The molecule has 1 saturated carbocycles. The van der Waals surface area contributed by atoms with Crippen LogP contribution in [0.15, 0.2) is 30.3 Å².